The number of carbonyl (C=O) groups is 1. The maximum absolute atomic E-state index is 14.1. The van der Waals surface area contributed by atoms with E-state index in [0.29, 0.717) is 5.57 Å². The molecule has 0 amide bonds. The lowest BCUT2D eigenvalue weighted by molar-refractivity contribution is -0.133. The quantitative estimate of drug-likeness (QED) is 0.546. The van der Waals surface area contributed by atoms with E-state index >= 15 is 0 Å². The van der Waals surface area contributed by atoms with Crippen molar-refractivity contribution in [1.82, 2.24) is 0 Å². The molecular formula is C26H29FO3. The smallest absolute Gasteiger partial charge is 0.332 e. The van der Waals surface area contributed by atoms with Crippen LogP contribution in [0.25, 0.3) is 11.6 Å². The number of carboxylic acids is 1. The molecule has 0 radical (unpaired) electrons. The molecule has 0 unspecified atom stereocenters. The number of carboxylic acid groups (broad SMARTS) is 1. The van der Waals surface area contributed by atoms with Crippen molar-refractivity contribution in [3.8, 4) is 5.75 Å². The Morgan fingerprint density at radius 3 is 2.10 bits per heavy atom. The van der Waals surface area contributed by atoms with Crippen LogP contribution in [-0.4, -0.2) is 16.2 Å². The van der Waals surface area contributed by atoms with Gasteiger partial charge in [-0.25, -0.2) is 9.18 Å². The molecule has 2 aromatic carbocycles. The molecule has 1 aliphatic carbocycles. The SMILES string of the molecule is CC(C)(C)C(=Cc1ccc(C(=C2CCCCC2)c2ccc(O)c(F)c2)cc1)C(=O)O. The average Bonchev–Trinajstić information content (AvgIpc) is 2.70. The molecule has 0 atom stereocenters. The van der Waals surface area contributed by atoms with Gasteiger partial charge in [0, 0.05) is 5.57 Å². The molecule has 2 N–H and O–H groups in total. The summed E-state index contributed by atoms with van der Waals surface area (Å²) in [7, 11) is 0. The van der Waals surface area contributed by atoms with Gasteiger partial charge >= 0.3 is 5.97 Å². The van der Waals surface area contributed by atoms with Crippen LogP contribution in [-0.2, 0) is 4.79 Å². The first-order chi connectivity index (χ1) is 14.2. The normalized spacial score (nSPS) is 15.2. The molecule has 1 aliphatic rings. The molecule has 3 rings (SSSR count). The van der Waals surface area contributed by atoms with Gasteiger partial charge < -0.3 is 10.2 Å². The highest BCUT2D eigenvalue weighted by atomic mass is 19.1. The zero-order valence-electron chi connectivity index (χ0n) is 17.8. The lowest BCUT2D eigenvalue weighted by Gasteiger charge is -2.21. The Kier molecular flexibility index (Phi) is 6.45. The number of benzene rings is 2. The van der Waals surface area contributed by atoms with Gasteiger partial charge in [0.15, 0.2) is 11.6 Å². The number of phenols is 1. The first kappa shape index (κ1) is 21.8. The molecule has 158 valence electrons. The van der Waals surface area contributed by atoms with Crippen molar-refractivity contribution < 1.29 is 19.4 Å². The number of phenolic OH excluding ortho intramolecular Hbond substituents is 1. The van der Waals surface area contributed by atoms with Gasteiger partial charge in [0.2, 0.25) is 0 Å². The average molecular weight is 409 g/mol. The van der Waals surface area contributed by atoms with Gasteiger partial charge in [0.25, 0.3) is 0 Å². The second kappa shape index (κ2) is 8.86. The van der Waals surface area contributed by atoms with E-state index in [4.69, 9.17) is 0 Å². The fourth-order valence-electron chi connectivity index (χ4n) is 3.98. The molecule has 30 heavy (non-hydrogen) atoms. The number of hydrogen-bond donors (Lipinski definition) is 2. The van der Waals surface area contributed by atoms with Crippen molar-refractivity contribution in [3.05, 3.63) is 76.1 Å². The molecule has 2 aromatic rings. The van der Waals surface area contributed by atoms with Crippen LogP contribution in [0.4, 0.5) is 4.39 Å². The Morgan fingerprint density at radius 1 is 0.967 bits per heavy atom. The molecule has 0 spiro atoms. The standard InChI is InChI=1S/C26H29FO3/c1-26(2,3)21(25(29)30)15-17-9-11-19(12-10-17)24(18-7-5-4-6-8-18)20-13-14-23(28)22(27)16-20/h9-16,28H,4-8H2,1-3H3,(H,29,30). The Labute approximate surface area is 177 Å². The summed E-state index contributed by atoms with van der Waals surface area (Å²) in [5.41, 5.74) is 4.74. The number of halogens is 1. The first-order valence-electron chi connectivity index (χ1n) is 10.4. The van der Waals surface area contributed by atoms with Crippen LogP contribution in [0.2, 0.25) is 0 Å². The maximum atomic E-state index is 14.1. The summed E-state index contributed by atoms with van der Waals surface area (Å²) in [5.74, 6) is -1.90. The Morgan fingerprint density at radius 2 is 1.57 bits per heavy atom. The van der Waals surface area contributed by atoms with Crippen LogP contribution in [0.15, 0.2) is 53.6 Å². The second-order valence-corrected chi connectivity index (χ2v) is 8.94. The van der Waals surface area contributed by atoms with Gasteiger partial charge in [-0.1, -0.05) is 63.1 Å². The van der Waals surface area contributed by atoms with Gasteiger partial charge in [-0.2, -0.15) is 0 Å². The van der Waals surface area contributed by atoms with E-state index < -0.39 is 17.2 Å². The minimum Gasteiger partial charge on any atom is -0.505 e. The molecular weight excluding hydrogens is 379 g/mol. The number of hydrogen-bond acceptors (Lipinski definition) is 2. The van der Waals surface area contributed by atoms with Crippen molar-refractivity contribution in [2.75, 3.05) is 0 Å². The summed E-state index contributed by atoms with van der Waals surface area (Å²) in [5, 5.41) is 19.1. The van der Waals surface area contributed by atoms with Crippen molar-refractivity contribution >= 4 is 17.6 Å². The predicted octanol–water partition coefficient (Wildman–Crippen LogP) is 6.81. The third-order valence-electron chi connectivity index (χ3n) is 5.60. The van der Waals surface area contributed by atoms with Crippen molar-refractivity contribution in [1.29, 1.82) is 0 Å². The molecule has 0 aliphatic heterocycles. The highest BCUT2D eigenvalue weighted by Crippen LogP contribution is 2.36. The summed E-state index contributed by atoms with van der Waals surface area (Å²) >= 11 is 0. The van der Waals surface area contributed by atoms with E-state index in [0.717, 1.165) is 47.9 Å². The number of aliphatic carboxylic acids is 1. The highest BCUT2D eigenvalue weighted by molar-refractivity contribution is 5.93. The van der Waals surface area contributed by atoms with E-state index in [1.165, 1.54) is 24.1 Å². The van der Waals surface area contributed by atoms with Crippen LogP contribution in [0.1, 0.15) is 69.6 Å². The monoisotopic (exact) mass is 408 g/mol. The Balaban J connectivity index is 2.05. The van der Waals surface area contributed by atoms with E-state index in [2.05, 4.69) is 0 Å². The summed E-state index contributed by atoms with van der Waals surface area (Å²) < 4.78 is 14.1. The Hall–Kier alpha value is -2.88. The van der Waals surface area contributed by atoms with Gasteiger partial charge in [0.05, 0.1) is 0 Å². The highest BCUT2D eigenvalue weighted by Gasteiger charge is 2.23. The zero-order chi connectivity index (χ0) is 21.9. The molecule has 1 fully saturated rings. The van der Waals surface area contributed by atoms with Gasteiger partial charge in [-0.15, -0.1) is 0 Å². The summed E-state index contributed by atoms with van der Waals surface area (Å²) in [6, 6.07) is 12.3. The van der Waals surface area contributed by atoms with Crippen LogP contribution < -0.4 is 0 Å². The number of rotatable bonds is 4. The molecule has 3 nitrogen and oxygen atoms in total. The van der Waals surface area contributed by atoms with E-state index in [1.54, 1.807) is 12.1 Å². The van der Waals surface area contributed by atoms with Gasteiger partial charge in [-0.05, 0) is 71.6 Å². The number of allylic oxidation sites excluding steroid dienone is 1. The third kappa shape index (κ3) is 4.99. The second-order valence-electron chi connectivity index (χ2n) is 8.94. The lowest BCUT2D eigenvalue weighted by atomic mass is 9.84. The van der Waals surface area contributed by atoms with Crippen LogP contribution in [0.5, 0.6) is 5.75 Å². The predicted molar refractivity (Wildman–Crippen MR) is 119 cm³/mol. The molecule has 0 saturated heterocycles. The lowest BCUT2D eigenvalue weighted by Crippen LogP contribution is -2.17. The topological polar surface area (TPSA) is 57.5 Å². The summed E-state index contributed by atoms with van der Waals surface area (Å²) in [6.45, 7) is 5.64. The fraction of sp³-hybridized carbons (Fsp3) is 0.346. The molecule has 0 bridgehead atoms. The molecule has 0 heterocycles. The minimum absolute atomic E-state index is 0.349. The van der Waals surface area contributed by atoms with Gasteiger partial charge in [0.1, 0.15) is 0 Å². The minimum atomic E-state index is -0.920. The fourth-order valence-corrected chi connectivity index (χ4v) is 3.98. The van der Waals surface area contributed by atoms with E-state index in [1.807, 2.05) is 45.0 Å². The third-order valence-corrected chi connectivity index (χ3v) is 5.60. The van der Waals surface area contributed by atoms with Crippen LogP contribution in [0.3, 0.4) is 0 Å². The number of aromatic hydroxyl groups is 1. The van der Waals surface area contributed by atoms with E-state index in [9.17, 15) is 19.4 Å². The summed E-state index contributed by atoms with van der Waals surface area (Å²) in [6.07, 6.45) is 7.11. The van der Waals surface area contributed by atoms with Crippen LogP contribution in [0, 0.1) is 11.2 Å². The molecule has 1 saturated carbocycles. The van der Waals surface area contributed by atoms with Crippen molar-refractivity contribution in [2.45, 2.75) is 52.9 Å². The van der Waals surface area contributed by atoms with Crippen molar-refractivity contribution in [2.24, 2.45) is 5.41 Å². The first-order valence-corrected chi connectivity index (χ1v) is 10.4. The summed E-state index contributed by atoms with van der Waals surface area (Å²) in [4.78, 5) is 11.6. The molecule has 4 heteroatoms. The van der Waals surface area contributed by atoms with E-state index in [-0.39, 0.29) is 5.75 Å². The zero-order valence-corrected chi connectivity index (χ0v) is 17.8. The Bertz CT molecular complexity index is 984. The van der Waals surface area contributed by atoms with Crippen molar-refractivity contribution in [3.63, 3.8) is 0 Å². The molecule has 0 aromatic heterocycles. The van der Waals surface area contributed by atoms with Crippen LogP contribution >= 0.6 is 0 Å². The maximum Gasteiger partial charge on any atom is 0.332 e. The largest absolute Gasteiger partial charge is 0.505 e. The van der Waals surface area contributed by atoms with Gasteiger partial charge in [-0.3, -0.25) is 0 Å².